The molecule has 0 radical (unpaired) electrons. The molecule has 1 unspecified atom stereocenters. The van der Waals surface area contributed by atoms with Gasteiger partial charge >= 0.3 is 5.69 Å². The average Bonchev–Trinajstić information content (AvgIpc) is 2.82. The summed E-state index contributed by atoms with van der Waals surface area (Å²) in [5, 5.41) is 5.08. The van der Waals surface area contributed by atoms with E-state index in [1.54, 1.807) is 18.6 Å². The molecule has 20 heavy (non-hydrogen) atoms. The summed E-state index contributed by atoms with van der Waals surface area (Å²) < 4.78 is 3.00. The van der Waals surface area contributed by atoms with Crippen LogP contribution in [0.5, 0.6) is 0 Å². The second-order valence-corrected chi connectivity index (χ2v) is 5.18. The molecule has 2 aromatic heterocycles. The van der Waals surface area contributed by atoms with Crippen LogP contribution in [0.15, 0.2) is 53.7 Å². The first kappa shape index (κ1) is 13.1. The number of nitrogens with zero attached hydrogens (tertiary/aromatic N) is 4. The van der Waals surface area contributed by atoms with Gasteiger partial charge < -0.3 is 0 Å². The first-order valence-corrected chi connectivity index (χ1v) is 7.42. The highest BCUT2D eigenvalue weighted by molar-refractivity contribution is 9.09. The number of hydrogen-bond acceptors (Lipinski definition) is 3. The van der Waals surface area contributed by atoms with Crippen molar-refractivity contribution in [1.29, 1.82) is 0 Å². The molecule has 1 atom stereocenters. The third kappa shape index (κ3) is 2.38. The first-order valence-electron chi connectivity index (χ1n) is 6.29. The van der Waals surface area contributed by atoms with E-state index in [4.69, 9.17) is 0 Å². The maximum atomic E-state index is 12.2. The molecule has 1 aromatic carbocycles. The monoisotopic (exact) mass is 332 g/mol. The summed E-state index contributed by atoms with van der Waals surface area (Å²) in [5.74, 6) is 0.201. The van der Waals surface area contributed by atoms with Crippen LogP contribution in [0.25, 0.3) is 5.65 Å². The lowest BCUT2D eigenvalue weighted by molar-refractivity contribution is 0.533. The van der Waals surface area contributed by atoms with Gasteiger partial charge in [-0.25, -0.2) is 13.9 Å². The van der Waals surface area contributed by atoms with Crippen molar-refractivity contribution in [3.8, 4) is 0 Å². The molecular weight excluding hydrogens is 320 g/mol. The van der Waals surface area contributed by atoms with E-state index < -0.39 is 0 Å². The van der Waals surface area contributed by atoms with Crippen molar-refractivity contribution >= 4 is 21.6 Å². The Morgan fingerprint density at radius 3 is 2.75 bits per heavy atom. The second-order valence-electron chi connectivity index (χ2n) is 4.53. The fourth-order valence-electron chi connectivity index (χ4n) is 2.18. The lowest BCUT2D eigenvalue weighted by atomic mass is 10.0. The number of benzene rings is 1. The smallest absolute Gasteiger partial charge is 0.259 e. The zero-order valence-electron chi connectivity index (χ0n) is 10.7. The van der Waals surface area contributed by atoms with Crippen LogP contribution in [0.3, 0.4) is 0 Å². The van der Waals surface area contributed by atoms with E-state index in [-0.39, 0.29) is 11.6 Å². The average molecular weight is 333 g/mol. The summed E-state index contributed by atoms with van der Waals surface area (Å²) in [4.78, 5) is 16.2. The number of aromatic nitrogens is 4. The van der Waals surface area contributed by atoms with Crippen LogP contribution in [0.4, 0.5) is 0 Å². The highest BCUT2D eigenvalue weighted by atomic mass is 79.9. The van der Waals surface area contributed by atoms with Crippen molar-refractivity contribution in [3.63, 3.8) is 0 Å². The van der Waals surface area contributed by atoms with Crippen LogP contribution in [0.2, 0.25) is 0 Å². The molecule has 6 heteroatoms. The third-order valence-electron chi connectivity index (χ3n) is 3.24. The maximum absolute atomic E-state index is 12.2. The highest BCUT2D eigenvalue weighted by Crippen LogP contribution is 2.19. The number of fused-ring (bicyclic) bond motifs is 1. The molecule has 0 aliphatic heterocycles. The summed E-state index contributed by atoms with van der Waals surface area (Å²) in [7, 11) is 0. The third-order valence-corrected chi connectivity index (χ3v) is 4.02. The van der Waals surface area contributed by atoms with Crippen LogP contribution in [-0.2, 0) is 6.54 Å². The summed E-state index contributed by atoms with van der Waals surface area (Å²) in [5.41, 5.74) is 1.62. The van der Waals surface area contributed by atoms with Crippen LogP contribution < -0.4 is 5.69 Å². The Balaban J connectivity index is 1.96. The van der Waals surface area contributed by atoms with Crippen LogP contribution in [0.1, 0.15) is 11.5 Å². The van der Waals surface area contributed by atoms with Crippen LogP contribution >= 0.6 is 15.9 Å². The molecule has 0 fully saturated rings. The van der Waals surface area contributed by atoms with E-state index in [9.17, 15) is 4.79 Å². The number of hydrogen-bond donors (Lipinski definition) is 0. The highest BCUT2D eigenvalue weighted by Gasteiger charge is 2.14. The van der Waals surface area contributed by atoms with Gasteiger partial charge in [0.25, 0.3) is 0 Å². The summed E-state index contributed by atoms with van der Waals surface area (Å²) in [6, 6.07) is 10.1. The molecule has 3 rings (SSSR count). The predicted octanol–water partition coefficient (Wildman–Crippen LogP) is 2.07. The standard InChI is InChI=1S/C14H13BrN4O/c15-8-12(11-4-2-1-3-5-11)10-19-14(20)18-7-6-16-9-13(18)17-19/h1-7,9,12H,8,10H2. The maximum Gasteiger partial charge on any atom is 0.350 e. The zero-order valence-corrected chi connectivity index (χ0v) is 12.3. The lowest BCUT2D eigenvalue weighted by Gasteiger charge is -2.13. The fourth-order valence-corrected chi connectivity index (χ4v) is 2.75. The van der Waals surface area contributed by atoms with Crippen molar-refractivity contribution in [3.05, 3.63) is 65.0 Å². The van der Waals surface area contributed by atoms with Crippen molar-refractivity contribution in [2.75, 3.05) is 5.33 Å². The van der Waals surface area contributed by atoms with Gasteiger partial charge in [0.15, 0.2) is 5.65 Å². The Labute approximate surface area is 124 Å². The van der Waals surface area contributed by atoms with Gasteiger partial charge in [0.05, 0.1) is 12.7 Å². The quantitative estimate of drug-likeness (QED) is 0.687. The van der Waals surface area contributed by atoms with Crippen LogP contribution in [-0.4, -0.2) is 24.5 Å². The van der Waals surface area contributed by atoms with E-state index in [1.165, 1.54) is 14.6 Å². The molecule has 0 N–H and O–H groups in total. The van der Waals surface area contributed by atoms with Crippen molar-refractivity contribution in [2.45, 2.75) is 12.5 Å². The number of rotatable bonds is 4. The van der Waals surface area contributed by atoms with Crippen molar-refractivity contribution in [2.24, 2.45) is 0 Å². The Hall–Kier alpha value is -1.95. The molecule has 2 heterocycles. The summed E-state index contributed by atoms with van der Waals surface area (Å²) in [6.45, 7) is 0.537. The van der Waals surface area contributed by atoms with E-state index in [2.05, 4.69) is 38.1 Å². The lowest BCUT2D eigenvalue weighted by Crippen LogP contribution is -2.24. The van der Waals surface area contributed by atoms with Crippen LogP contribution in [0, 0.1) is 0 Å². The fraction of sp³-hybridized carbons (Fsp3) is 0.214. The summed E-state index contributed by atoms with van der Waals surface area (Å²) in [6.07, 6.45) is 4.80. The molecule has 0 aliphatic rings. The van der Waals surface area contributed by atoms with E-state index in [0.29, 0.717) is 12.2 Å². The minimum atomic E-state index is -0.135. The normalized spacial score (nSPS) is 12.7. The van der Waals surface area contributed by atoms with Gasteiger partial charge in [0, 0.05) is 23.6 Å². The van der Waals surface area contributed by atoms with Gasteiger partial charge in [-0.05, 0) is 5.56 Å². The molecule has 0 amide bonds. The van der Waals surface area contributed by atoms with Gasteiger partial charge in [0.2, 0.25) is 0 Å². The predicted molar refractivity (Wildman–Crippen MR) is 80.2 cm³/mol. The molecule has 5 nitrogen and oxygen atoms in total. The molecule has 0 bridgehead atoms. The SMILES string of the molecule is O=c1n(CC(CBr)c2ccccc2)nc2cnccn12. The Bertz CT molecular complexity index is 765. The minimum Gasteiger partial charge on any atom is -0.259 e. The molecular formula is C14H13BrN4O. The van der Waals surface area contributed by atoms with Crippen molar-refractivity contribution < 1.29 is 0 Å². The first-order chi connectivity index (χ1) is 9.79. The Kier molecular flexibility index (Phi) is 3.64. The van der Waals surface area contributed by atoms with Crippen molar-refractivity contribution in [1.82, 2.24) is 19.2 Å². The van der Waals surface area contributed by atoms with E-state index >= 15 is 0 Å². The molecule has 0 saturated carbocycles. The number of alkyl halides is 1. The van der Waals surface area contributed by atoms with Gasteiger partial charge in [-0.1, -0.05) is 46.3 Å². The van der Waals surface area contributed by atoms with E-state index in [1.807, 2.05) is 18.2 Å². The van der Waals surface area contributed by atoms with Gasteiger partial charge in [0.1, 0.15) is 0 Å². The molecule has 0 spiro atoms. The molecule has 3 aromatic rings. The number of halogens is 1. The van der Waals surface area contributed by atoms with Gasteiger partial charge in [-0.15, -0.1) is 5.10 Å². The Morgan fingerprint density at radius 2 is 2.05 bits per heavy atom. The second kappa shape index (κ2) is 5.58. The topological polar surface area (TPSA) is 52.2 Å². The molecule has 0 aliphatic carbocycles. The molecule has 102 valence electrons. The molecule has 0 saturated heterocycles. The summed E-state index contributed by atoms with van der Waals surface area (Å²) >= 11 is 3.52. The Morgan fingerprint density at radius 1 is 1.25 bits per heavy atom. The zero-order chi connectivity index (χ0) is 13.9. The van der Waals surface area contributed by atoms with E-state index in [0.717, 1.165) is 5.33 Å². The largest absolute Gasteiger partial charge is 0.350 e. The van der Waals surface area contributed by atoms with Gasteiger partial charge in [-0.2, -0.15) is 0 Å². The van der Waals surface area contributed by atoms with Gasteiger partial charge in [-0.3, -0.25) is 4.98 Å². The minimum absolute atomic E-state index is 0.135.